The Hall–Kier alpha value is -0.810. The van der Waals surface area contributed by atoms with E-state index >= 15 is 0 Å². The van der Waals surface area contributed by atoms with Gasteiger partial charge in [0, 0.05) is 25.2 Å². The molecule has 2 N–H and O–H groups in total. The van der Waals surface area contributed by atoms with Gasteiger partial charge < -0.3 is 15.4 Å². The molecule has 1 atom stereocenters. The second kappa shape index (κ2) is 5.69. The SMILES string of the molecule is CC(CN=C(N)N1CCOCC1)N(C)C1CC1. The van der Waals surface area contributed by atoms with Crippen LogP contribution in [0.5, 0.6) is 0 Å². The normalized spacial score (nSPS) is 24.2. The number of nitrogens with zero attached hydrogens (tertiary/aromatic N) is 3. The van der Waals surface area contributed by atoms with Crippen molar-refractivity contribution in [3.8, 4) is 0 Å². The largest absolute Gasteiger partial charge is 0.378 e. The third kappa shape index (κ3) is 3.57. The lowest BCUT2D eigenvalue weighted by Crippen LogP contribution is -2.45. The van der Waals surface area contributed by atoms with Gasteiger partial charge in [0.1, 0.15) is 0 Å². The maximum absolute atomic E-state index is 5.99. The highest BCUT2D eigenvalue weighted by molar-refractivity contribution is 5.78. The fourth-order valence-electron chi connectivity index (χ4n) is 2.09. The van der Waals surface area contributed by atoms with Gasteiger partial charge in [-0.2, -0.15) is 0 Å². The molecule has 5 heteroatoms. The summed E-state index contributed by atoms with van der Waals surface area (Å²) in [4.78, 5) is 9.02. The molecule has 17 heavy (non-hydrogen) atoms. The molecule has 1 aliphatic heterocycles. The number of hydrogen-bond acceptors (Lipinski definition) is 3. The summed E-state index contributed by atoms with van der Waals surface area (Å²) in [6.07, 6.45) is 2.67. The summed E-state index contributed by atoms with van der Waals surface area (Å²) in [7, 11) is 2.18. The summed E-state index contributed by atoms with van der Waals surface area (Å²) in [5.41, 5.74) is 5.99. The first-order chi connectivity index (χ1) is 8.18. The third-order valence-electron chi connectivity index (χ3n) is 3.67. The van der Waals surface area contributed by atoms with Gasteiger partial charge in [-0.3, -0.25) is 9.89 Å². The van der Waals surface area contributed by atoms with E-state index in [-0.39, 0.29) is 0 Å². The Morgan fingerprint density at radius 2 is 2.12 bits per heavy atom. The minimum atomic E-state index is 0.474. The highest BCUT2D eigenvalue weighted by Gasteiger charge is 2.28. The predicted molar refractivity (Wildman–Crippen MR) is 69.1 cm³/mol. The van der Waals surface area contributed by atoms with E-state index < -0.39 is 0 Å². The molecule has 2 fully saturated rings. The van der Waals surface area contributed by atoms with Crippen molar-refractivity contribution in [3.63, 3.8) is 0 Å². The topological polar surface area (TPSA) is 54.1 Å². The molecule has 0 aromatic heterocycles. The zero-order valence-electron chi connectivity index (χ0n) is 10.9. The number of ether oxygens (including phenoxy) is 1. The van der Waals surface area contributed by atoms with Gasteiger partial charge in [-0.15, -0.1) is 0 Å². The Morgan fingerprint density at radius 1 is 1.47 bits per heavy atom. The molecular weight excluding hydrogens is 216 g/mol. The molecule has 0 amide bonds. The number of nitrogens with two attached hydrogens (primary N) is 1. The van der Waals surface area contributed by atoms with Crippen LogP contribution in [0.1, 0.15) is 19.8 Å². The standard InChI is InChI=1S/C12H24N4O/c1-10(15(2)11-3-4-11)9-14-12(13)16-5-7-17-8-6-16/h10-11H,3-9H2,1-2H3,(H2,13,14). The van der Waals surface area contributed by atoms with Crippen molar-refractivity contribution >= 4 is 5.96 Å². The minimum Gasteiger partial charge on any atom is -0.378 e. The van der Waals surface area contributed by atoms with Crippen LogP contribution in [0.3, 0.4) is 0 Å². The summed E-state index contributed by atoms with van der Waals surface area (Å²) in [5.74, 6) is 0.671. The molecule has 5 nitrogen and oxygen atoms in total. The summed E-state index contributed by atoms with van der Waals surface area (Å²) in [6, 6.07) is 1.26. The molecule has 0 radical (unpaired) electrons. The van der Waals surface area contributed by atoms with Crippen LogP contribution < -0.4 is 5.73 Å². The Labute approximate surface area is 104 Å². The van der Waals surface area contributed by atoms with Crippen molar-refractivity contribution in [2.45, 2.75) is 31.8 Å². The lowest BCUT2D eigenvalue weighted by molar-refractivity contribution is 0.0673. The van der Waals surface area contributed by atoms with Gasteiger partial charge in [0.2, 0.25) is 0 Å². The Kier molecular flexibility index (Phi) is 4.23. The van der Waals surface area contributed by atoms with E-state index in [1.165, 1.54) is 12.8 Å². The molecule has 98 valence electrons. The van der Waals surface area contributed by atoms with E-state index in [2.05, 4.69) is 28.8 Å². The van der Waals surface area contributed by atoms with Gasteiger partial charge in [0.05, 0.1) is 19.8 Å². The molecule has 0 bridgehead atoms. The van der Waals surface area contributed by atoms with Crippen LogP contribution in [0.2, 0.25) is 0 Å². The van der Waals surface area contributed by atoms with Crippen LogP contribution >= 0.6 is 0 Å². The monoisotopic (exact) mass is 240 g/mol. The Balaban J connectivity index is 1.77. The fourth-order valence-corrected chi connectivity index (χ4v) is 2.09. The van der Waals surface area contributed by atoms with Gasteiger partial charge in [-0.1, -0.05) is 0 Å². The zero-order valence-corrected chi connectivity index (χ0v) is 10.9. The van der Waals surface area contributed by atoms with Crippen LogP contribution in [0.15, 0.2) is 4.99 Å². The second-order valence-electron chi connectivity index (χ2n) is 5.04. The quantitative estimate of drug-likeness (QED) is 0.560. The van der Waals surface area contributed by atoms with Crippen molar-refractivity contribution in [2.24, 2.45) is 10.7 Å². The Morgan fingerprint density at radius 3 is 2.71 bits per heavy atom. The summed E-state index contributed by atoms with van der Waals surface area (Å²) >= 11 is 0. The van der Waals surface area contributed by atoms with Gasteiger partial charge in [0.25, 0.3) is 0 Å². The lowest BCUT2D eigenvalue weighted by atomic mass is 10.3. The summed E-state index contributed by atoms with van der Waals surface area (Å²) in [5, 5.41) is 0. The van der Waals surface area contributed by atoms with Crippen LogP contribution in [-0.2, 0) is 4.74 Å². The van der Waals surface area contributed by atoms with E-state index in [1.54, 1.807) is 0 Å². The highest BCUT2D eigenvalue weighted by atomic mass is 16.5. The minimum absolute atomic E-state index is 0.474. The highest BCUT2D eigenvalue weighted by Crippen LogP contribution is 2.26. The average Bonchev–Trinajstić information content (AvgIpc) is 3.20. The van der Waals surface area contributed by atoms with Crippen LogP contribution in [-0.4, -0.2) is 67.7 Å². The summed E-state index contributed by atoms with van der Waals surface area (Å²) < 4.78 is 5.29. The molecule has 1 saturated carbocycles. The maximum atomic E-state index is 5.99. The third-order valence-corrected chi connectivity index (χ3v) is 3.67. The van der Waals surface area contributed by atoms with E-state index in [4.69, 9.17) is 10.5 Å². The first-order valence-electron chi connectivity index (χ1n) is 6.53. The number of likely N-dealkylation sites (N-methyl/N-ethyl adjacent to an activating group) is 1. The first kappa shape index (κ1) is 12.6. The molecule has 0 aromatic carbocycles. The maximum Gasteiger partial charge on any atom is 0.191 e. The molecule has 1 aliphatic carbocycles. The average molecular weight is 240 g/mol. The van der Waals surface area contributed by atoms with Crippen molar-refractivity contribution in [1.82, 2.24) is 9.80 Å². The molecule has 0 aromatic rings. The van der Waals surface area contributed by atoms with Crippen molar-refractivity contribution in [1.29, 1.82) is 0 Å². The van der Waals surface area contributed by atoms with E-state index in [9.17, 15) is 0 Å². The van der Waals surface area contributed by atoms with E-state index in [0.717, 1.165) is 38.9 Å². The molecule has 2 rings (SSSR count). The Bertz CT molecular complexity index is 272. The molecule has 1 unspecified atom stereocenters. The van der Waals surface area contributed by atoms with Gasteiger partial charge in [-0.05, 0) is 26.8 Å². The number of guanidine groups is 1. The number of morpholine rings is 1. The first-order valence-corrected chi connectivity index (χ1v) is 6.53. The number of hydrogen-bond donors (Lipinski definition) is 1. The predicted octanol–water partition coefficient (Wildman–Crippen LogP) is 0.116. The second-order valence-corrected chi connectivity index (χ2v) is 5.04. The van der Waals surface area contributed by atoms with Crippen molar-refractivity contribution in [3.05, 3.63) is 0 Å². The van der Waals surface area contributed by atoms with E-state index in [0.29, 0.717) is 12.0 Å². The molecule has 1 heterocycles. The lowest BCUT2D eigenvalue weighted by Gasteiger charge is -2.28. The number of aliphatic imine (C=N–C) groups is 1. The van der Waals surface area contributed by atoms with Gasteiger partial charge in [-0.25, -0.2) is 0 Å². The smallest absolute Gasteiger partial charge is 0.191 e. The van der Waals surface area contributed by atoms with Crippen molar-refractivity contribution < 1.29 is 4.74 Å². The molecular formula is C12H24N4O. The number of rotatable bonds is 4. The summed E-state index contributed by atoms with van der Waals surface area (Å²) in [6.45, 7) is 6.25. The molecule has 1 saturated heterocycles. The van der Waals surface area contributed by atoms with Crippen LogP contribution in [0.25, 0.3) is 0 Å². The zero-order chi connectivity index (χ0) is 12.3. The van der Waals surface area contributed by atoms with Crippen LogP contribution in [0, 0.1) is 0 Å². The van der Waals surface area contributed by atoms with E-state index in [1.807, 2.05) is 0 Å². The van der Waals surface area contributed by atoms with Gasteiger partial charge in [0.15, 0.2) is 5.96 Å². The van der Waals surface area contributed by atoms with Crippen molar-refractivity contribution in [2.75, 3.05) is 39.9 Å². The molecule has 0 spiro atoms. The van der Waals surface area contributed by atoms with Crippen LogP contribution in [0.4, 0.5) is 0 Å². The fraction of sp³-hybridized carbons (Fsp3) is 0.917. The van der Waals surface area contributed by atoms with Gasteiger partial charge >= 0.3 is 0 Å². The molecule has 2 aliphatic rings.